The molecule has 4 N–H and O–H groups in total. The molecule has 176 valence electrons. The fraction of sp³-hybridized carbons (Fsp3) is 0.100. The molecule has 0 amide bonds. The third kappa shape index (κ3) is 5.02. The van der Waals surface area contributed by atoms with Crippen molar-refractivity contribution in [2.45, 2.75) is 12.4 Å². The number of nitrogens with two attached hydrogens (primary N) is 2. The number of ether oxygens (including phenoxy) is 2. The van der Waals surface area contributed by atoms with E-state index in [-0.39, 0.29) is 11.4 Å². The molecule has 0 aliphatic heterocycles. The second-order valence-corrected chi connectivity index (χ2v) is 6.52. The Kier molecular flexibility index (Phi) is 6.00. The molecule has 0 saturated heterocycles. The van der Waals surface area contributed by atoms with Gasteiger partial charge in [0.05, 0.1) is 0 Å². The summed E-state index contributed by atoms with van der Waals surface area (Å²) in [4.78, 5) is 0. The number of hydrogen-bond acceptors (Lipinski definition) is 4. The molecule has 33 heavy (non-hydrogen) atoms. The smallest absolute Gasteiger partial charge is 0.420 e. The van der Waals surface area contributed by atoms with E-state index in [0.717, 1.165) is 12.1 Å². The molecule has 4 nitrogen and oxygen atoms in total. The molecule has 3 aromatic rings. The van der Waals surface area contributed by atoms with E-state index in [9.17, 15) is 35.1 Å². The van der Waals surface area contributed by atoms with Crippen molar-refractivity contribution in [2.75, 3.05) is 11.5 Å². The van der Waals surface area contributed by atoms with Crippen molar-refractivity contribution < 1.29 is 49.0 Å². The van der Waals surface area contributed by atoms with Gasteiger partial charge in [0.1, 0.15) is 11.1 Å². The number of halogens is 9. The molecule has 0 saturated carbocycles. The van der Waals surface area contributed by atoms with Gasteiger partial charge in [-0.05, 0) is 30.3 Å². The number of alkyl halides is 6. The highest BCUT2D eigenvalue weighted by molar-refractivity contribution is 5.55. The monoisotopic (exact) mass is 482 g/mol. The number of anilines is 2. The molecule has 0 bridgehead atoms. The summed E-state index contributed by atoms with van der Waals surface area (Å²) >= 11 is 0. The van der Waals surface area contributed by atoms with Crippen LogP contribution in [0.15, 0.2) is 42.5 Å². The first kappa shape index (κ1) is 23.9. The van der Waals surface area contributed by atoms with Gasteiger partial charge in [0, 0.05) is 23.5 Å². The van der Waals surface area contributed by atoms with Crippen molar-refractivity contribution in [1.29, 1.82) is 0 Å². The van der Waals surface area contributed by atoms with Gasteiger partial charge in [0.15, 0.2) is 34.6 Å². The van der Waals surface area contributed by atoms with Crippen molar-refractivity contribution in [3.63, 3.8) is 0 Å². The Morgan fingerprint density at radius 3 is 1.27 bits per heavy atom. The Hall–Kier alpha value is -3.77. The first-order valence-electron chi connectivity index (χ1n) is 8.65. The van der Waals surface area contributed by atoms with Crippen molar-refractivity contribution in [3.05, 3.63) is 71.0 Å². The van der Waals surface area contributed by atoms with E-state index in [0.29, 0.717) is 24.3 Å². The average Bonchev–Trinajstić information content (AvgIpc) is 2.68. The van der Waals surface area contributed by atoms with E-state index < -0.39 is 70.0 Å². The topological polar surface area (TPSA) is 70.5 Å². The molecule has 0 aliphatic rings. The van der Waals surface area contributed by atoms with Gasteiger partial charge in [0.2, 0.25) is 5.82 Å². The lowest BCUT2D eigenvalue weighted by molar-refractivity contribution is -0.144. The maximum atomic E-state index is 15.1. The van der Waals surface area contributed by atoms with Crippen molar-refractivity contribution in [2.24, 2.45) is 0 Å². The van der Waals surface area contributed by atoms with Crippen LogP contribution in [-0.2, 0) is 12.4 Å². The van der Waals surface area contributed by atoms with Crippen LogP contribution in [0.4, 0.5) is 50.9 Å². The van der Waals surface area contributed by atoms with E-state index in [1.54, 1.807) is 0 Å². The summed E-state index contributed by atoms with van der Waals surface area (Å²) in [5.41, 5.74) is 5.93. The van der Waals surface area contributed by atoms with Crippen LogP contribution < -0.4 is 20.9 Å². The maximum Gasteiger partial charge on any atom is 0.420 e. The molecule has 0 radical (unpaired) electrons. The van der Waals surface area contributed by atoms with Crippen LogP contribution in [0, 0.1) is 17.5 Å². The highest BCUT2D eigenvalue weighted by Crippen LogP contribution is 2.50. The quantitative estimate of drug-likeness (QED) is 0.314. The van der Waals surface area contributed by atoms with E-state index in [1.807, 2.05) is 0 Å². The lowest BCUT2D eigenvalue weighted by Gasteiger charge is -2.21. The average molecular weight is 482 g/mol. The predicted octanol–water partition coefficient (Wildman–Crippen LogP) is 6.89. The van der Waals surface area contributed by atoms with Crippen LogP contribution in [0.1, 0.15) is 11.1 Å². The standard InChI is InChI=1S/C20H11F9N2O2/c21-12-3-1-8(30)5-14(12)32-17-10(19(24,25)26)7-11(20(27,28)29)18(16(17)23)33-15-6-9(31)2-4-13(15)22/h1-7H,30-31H2. The van der Waals surface area contributed by atoms with Gasteiger partial charge in [-0.15, -0.1) is 0 Å². The summed E-state index contributed by atoms with van der Waals surface area (Å²) in [6, 6.07) is 4.25. The number of rotatable bonds is 4. The van der Waals surface area contributed by atoms with Gasteiger partial charge in [-0.25, -0.2) is 8.78 Å². The van der Waals surface area contributed by atoms with Crippen molar-refractivity contribution in [1.82, 2.24) is 0 Å². The summed E-state index contributed by atoms with van der Waals surface area (Å²) in [5.74, 6) is -10.6. The van der Waals surface area contributed by atoms with Gasteiger partial charge in [-0.2, -0.15) is 30.7 Å². The maximum absolute atomic E-state index is 15.1. The van der Waals surface area contributed by atoms with Crippen molar-refractivity contribution >= 4 is 11.4 Å². The third-order valence-electron chi connectivity index (χ3n) is 4.12. The van der Waals surface area contributed by atoms with E-state index in [4.69, 9.17) is 11.5 Å². The Balaban J connectivity index is 2.30. The summed E-state index contributed by atoms with van der Waals surface area (Å²) in [6.07, 6.45) is -11.2. The lowest BCUT2D eigenvalue weighted by Crippen LogP contribution is -2.16. The Morgan fingerprint density at radius 2 is 0.939 bits per heavy atom. The zero-order valence-corrected chi connectivity index (χ0v) is 15.9. The summed E-state index contributed by atoms with van der Waals surface area (Å²) in [7, 11) is 0. The normalized spacial score (nSPS) is 12.0. The summed E-state index contributed by atoms with van der Waals surface area (Å²) in [5, 5.41) is 0. The second kappa shape index (κ2) is 8.30. The number of nitrogen functional groups attached to an aromatic ring is 2. The molecular weight excluding hydrogens is 471 g/mol. The van der Waals surface area contributed by atoms with Gasteiger partial charge >= 0.3 is 12.4 Å². The highest BCUT2D eigenvalue weighted by Gasteiger charge is 2.45. The van der Waals surface area contributed by atoms with Gasteiger partial charge in [-0.1, -0.05) is 0 Å². The molecule has 0 aliphatic carbocycles. The van der Waals surface area contributed by atoms with Gasteiger partial charge in [0.25, 0.3) is 0 Å². The second-order valence-electron chi connectivity index (χ2n) is 6.52. The Morgan fingerprint density at radius 1 is 0.576 bits per heavy atom. The molecule has 0 spiro atoms. The van der Waals surface area contributed by atoms with E-state index in [1.165, 1.54) is 0 Å². The molecule has 0 unspecified atom stereocenters. The molecule has 0 heterocycles. The fourth-order valence-corrected chi connectivity index (χ4v) is 2.65. The van der Waals surface area contributed by atoms with E-state index in [2.05, 4.69) is 9.47 Å². The number of hydrogen-bond donors (Lipinski definition) is 2. The largest absolute Gasteiger partial charge is 0.450 e. The van der Waals surface area contributed by atoms with Crippen LogP contribution in [0.5, 0.6) is 23.0 Å². The van der Waals surface area contributed by atoms with Crippen LogP contribution in [0.2, 0.25) is 0 Å². The lowest BCUT2D eigenvalue weighted by atomic mass is 10.1. The minimum atomic E-state index is -5.58. The minimum Gasteiger partial charge on any atom is -0.450 e. The highest BCUT2D eigenvalue weighted by atomic mass is 19.4. The first-order chi connectivity index (χ1) is 15.2. The molecule has 0 atom stereocenters. The van der Waals surface area contributed by atoms with Crippen LogP contribution in [0.25, 0.3) is 0 Å². The van der Waals surface area contributed by atoms with Crippen LogP contribution in [-0.4, -0.2) is 0 Å². The molecule has 3 aromatic carbocycles. The minimum absolute atomic E-state index is 0.203. The third-order valence-corrected chi connectivity index (χ3v) is 4.12. The molecule has 0 fully saturated rings. The fourth-order valence-electron chi connectivity index (χ4n) is 2.65. The Labute approximate surface area is 179 Å². The zero-order chi connectivity index (χ0) is 24.7. The zero-order valence-electron chi connectivity index (χ0n) is 15.9. The molecule has 0 aromatic heterocycles. The first-order valence-corrected chi connectivity index (χ1v) is 8.65. The Bertz CT molecular complexity index is 1120. The number of benzene rings is 3. The molecule has 13 heteroatoms. The predicted molar refractivity (Wildman–Crippen MR) is 98.2 cm³/mol. The van der Waals surface area contributed by atoms with Gasteiger partial charge in [-0.3, -0.25) is 0 Å². The van der Waals surface area contributed by atoms with Crippen molar-refractivity contribution in [3.8, 4) is 23.0 Å². The van der Waals surface area contributed by atoms with Crippen LogP contribution >= 0.6 is 0 Å². The van der Waals surface area contributed by atoms with Crippen LogP contribution in [0.3, 0.4) is 0 Å². The van der Waals surface area contributed by atoms with E-state index >= 15 is 4.39 Å². The molecular formula is C20H11F9N2O2. The summed E-state index contributed by atoms with van der Waals surface area (Å²) in [6.45, 7) is 0. The summed E-state index contributed by atoms with van der Waals surface area (Å²) < 4.78 is 133. The SMILES string of the molecule is Nc1ccc(F)c(Oc2c(C(F)(F)F)cc(C(F)(F)F)c(Oc3cc(N)ccc3F)c2F)c1. The molecule has 3 rings (SSSR count). The van der Waals surface area contributed by atoms with Gasteiger partial charge < -0.3 is 20.9 Å².